The van der Waals surface area contributed by atoms with Gasteiger partial charge in [0.2, 0.25) is 5.91 Å². The Balaban J connectivity index is 2.31. The van der Waals surface area contributed by atoms with Crippen molar-refractivity contribution in [1.29, 1.82) is 0 Å². The molecule has 1 rings (SSSR count). The Kier molecular flexibility index (Phi) is 5.29. The summed E-state index contributed by atoms with van der Waals surface area (Å²) in [4.78, 5) is 24.5. The SMILES string of the molecule is COC(=O)CCC(=O)N(C)C1CCCCC1. The summed E-state index contributed by atoms with van der Waals surface area (Å²) in [6.45, 7) is 0. The molecule has 0 atom stereocenters. The molecule has 1 aliphatic carbocycles. The normalized spacial score (nSPS) is 16.9. The van der Waals surface area contributed by atoms with Crippen molar-refractivity contribution >= 4 is 11.9 Å². The summed E-state index contributed by atoms with van der Waals surface area (Å²) >= 11 is 0. The molecule has 0 saturated heterocycles. The van der Waals surface area contributed by atoms with Gasteiger partial charge in [-0.1, -0.05) is 19.3 Å². The van der Waals surface area contributed by atoms with E-state index in [4.69, 9.17) is 0 Å². The molecule has 0 aromatic carbocycles. The first-order chi connectivity index (χ1) is 7.65. The Morgan fingerprint density at radius 1 is 1.19 bits per heavy atom. The average Bonchev–Trinajstić information content (AvgIpc) is 2.35. The highest BCUT2D eigenvalue weighted by Crippen LogP contribution is 2.22. The first-order valence-corrected chi connectivity index (χ1v) is 5.97. The Labute approximate surface area is 96.9 Å². The third-order valence-corrected chi connectivity index (χ3v) is 3.29. The van der Waals surface area contributed by atoms with Crippen molar-refractivity contribution in [1.82, 2.24) is 4.90 Å². The Morgan fingerprint density at radius 3 is 2.38 bits per heavy atom. The minimum Gasteiger partial charge on any atom is -0.469 e. The minimum atomic E-state index is -0.314. The number of esters is 1. The summed E-state index contributed by atoms with van der Waals surface area (Å²) in [5.41, 5.74) is 0. The first kappa shape index (κ1) is 13.0. The molecule has 4 nitrogen and oxygen atoms in total. The molecule has 0 aromatic rings. The molecule has 1 fully saturated rings. The standard InChI is InChI=1S/C12H21NO3/c1-13(10-6-4-3-5-7-10)11(14)8-9-12(15)16-2/h10H,3-9H2,1-2H3. The lowest BCUT2D eigenvalue weighted by atomic mass is 9.94. The second kappa shape index (κ2) is 6.51. The molecule has 92 valence electrons. The molecule has 0 heterocycles. The lowest BCUT2D eigenvalue weighted by Gasteiger charge is -2.31. The third-order valence-electron chi connectivity index (χ3n) is 3.29. The number of carbonyl (C=O) groups is 2. The van der Waals surface area contributed by atoms with Crippen molar-refractivity contribution in [2.24, 2.45) is 0 Å². The molecule has 0 spiro atoms. The van der Waals surface area contributed by atoms with E-state index in [0.717, 1.165) is 12.8 Å². The minimum absolute atomic E-state index is 0.0531. The van der Waals surface area contributed by atoms with E-state index < -0.39 is 0 Å². The maximum absolute atomic E-state index is 11.8. The van der Waals surface area contributed by atoms with E-state index in [9.17, 15) is 9.59 Å². The van der Waals surface area contributed by atoms with Gasteiger partial charge in [-0.15, -0.1) is 0 Å². The topological polar surface area (TPSA) is 46.6 Å². The number of methoxy groups -OCH3 is 1. The molecule has 0 aromatic heterocycles. The zero-order valence-corrected chi connectivity index (χ0v) is 10.2. The number of rotatable bonds is 4. The number of hydrogen-bond donors (Lipinski definition) is 0. The van der Waals surface area contributed by atoms with E-state index in [2.05, 4.69) is 4.74 Å². The highest BCUT2D eigenvalue weighted by molar-refractivity contribution is 5.81. The maximum Gasteiger partial charge on any atom is 0.306 e. The quantitative estimate of drug-likeness (QED) is 0.687. The van der Waals surface area contributed by atoms with Crippen LogP contribution < -0.4 is 0 Å². The molecule has 1 amide bonds. The fourth-order valence-corrected chi connectivity index (χ4v) is 2.16. The summed E-state index contributed by atoms with van der Waals surface area (Å²) in [5, 5.41) is 0. The smallest absolute Gasteiger partial charge is 0.306 e. The van der Waals surface area contributed by atoms with E-state index in [0.29, 0.717) is 6.04 Å². The van der Waals surface area contributed by atoms with Crippen molar-refractivity contribution in [2.75, 3.05) is 14.2 Å². The summed E-state index contributed by atoms with van der Waals surface area (Å²) in [7, 11) is 3.19. The van der Waals surface area contributed by atoms with Crippen molar-refractivity contribution in [2.45, 2.75) is 51.0 Å². The van der Waals surface area contributed by atoms with Gasteiger partial charge in [0.25, 0.3) is 0 Å². The van der Waals surface area contributed by atoms with Crippen LogP contribution in [0.2, 0.25) is 0 Å². The average molecular weight is 227 g/mol. The monoisotopic (exact) mass is 227 g/mol. The molecule has 0 N–H and O–H groups in total. The molecule has 0 bridgehead atoms. The highest BCUT2D eigenvalue weighted by atomic mass is 16.5. The van der Waals surface area contributed by atoms with Gasteiger partial charge in [-0.3, -0.25) is 9.59 Å². The van der Waals surface area contributed by atoms with Crippen LogP contribution in [0.25, 0.3) is 0 Å². The van der Waals surface area contributed by atoms with Gasteiger partial charge >= 0.3 is 5.97 Å². The largest absolute Gasteiger partial charge is 0.469 e. The Hall–Kier alpha value is -1.06. The third kappa shape index (κ3) is 3.83. The predicted molar refractivity (Wildman–Crippen MR) is 60.9 cm³/mol. The number of nitrogens with zero attached hydrogens (tertiary/aromatic N) is 1. The van der Waals surface area contributed by atoms with Crippen LogP contribution in [-0.2, 0) is 14.3 Å². The summed E-state index contributed by atoms with van der Waals surface area (Å²) in [6, 6.07) is 0.374. The summed E-state index contributed by atoms with van der Waals surface area (Å²) < 4.78 is 4.52. The summed E-state index contributed by atoms with van der Waals surface area (Å²) in [6.07, 6.45) is 6.34. The number of hydrogen-bond acceptors (Lipinski definition) is 3. The highest BCUT2D eigenvalue weighted by Gasteiger charge is 2.22. The molecule has 1 saturated carbocycles. The van der Waals surface area contributed by atoms with Crippen LogP contribution in [0.1, 0.15) is 44.9 Å². The van der Waals surface area contributed by atoms with Gasteiger partial charge in [0.05, 0.1) is 13.5 Å². The number of carbonyl (C=O) groups excluding carboxylic acids is 2. The van der Waals surface area contributed by atoms with Crippen LogP contribution >= 0.6 is 0 Å². The maximum atomic E-state index is 11.8. The van der Waals surface area contributed by atoms with Gasteiger partial charge in [0.15, 0.2) is 0 Å². The van der Waals surface area contributed by atoms with Crippen LogP contribution in [0.15, 0.2) is 0 Å². The molecule has 1 aliphatic rings. The number of amides is 1. The number of ether oxygens (including phenoxy) is 1. The van der Waals surface area contributed by atoms with E-state index >= 15 is 0 Å². The fraction of sp³-hybridized carbons (Fsp3) is 0.833. The molecular formula is C12H21NO3. The van der Waals surface area contributed by atoms with E-state index in [1.54, 1.807) is 0 Å². The van der Waals surface area contributed by atoms with E-state index in [1.165, 1.54) is 26.4 Å². The van der Waals surface area contributed by atoms with Crippen LogP contribution in [-0.4, -0.2) is 37.0 Å². The van der Waals surface area contributed by atoms with Crippen molar-refractivity contribution in [3.05, 3.63) is 0 Å². The van der Waals surface area contributed by atoms with Gasteiger partial charge in [-0.05, 0) is 12.8 Å². The van der Waals surface area contributed by atoms with Crippen molar-refractivity contribution in [3.63, 3.8) is 0 Å². The predicted octanol–water partition coefficient (Wildman–Crippen LogP) is 1.73. The molecular weight excluding hydrogens is 206 g/mol. The van der Waals surface area contributed by atoms with Crippen LogP contribution in [0, 0.1) is 0 Å². The lowest BCUT2D eigenvalue weighted by Crippen LogP contribution is -2.38. The Morgan fingerprint density at radius 2 is 1.81 bits per heavy atom. The first-order valence-electron chi connectivity index (χ1n) is 5.97. The van der Waals surface area contributed by atoms with Gasteiger partial charge < -0.3 is 9.64 Å². The van der Waals surface area contributed by atoms with Gasteiger partial charge in [0, 0.05) is 19.5 Å². The van der Waals surface area contributed by atoms with Crippen LogP contribution in [0.5, 0.6) is 0 Å². The van der Waals surface area contributed by atoms with E-state index in [-0.39, 0.29) is 24.7 Å². The van der Waals surface area contributed by atoms with E-state index in [1.807, 2.05) is 11.9 Å². The van der Waals surface area contributed by atoms with Gasteiger partial charge in [-0.25, -0.2) is 0 Å². The van der Waals surface area contributed by atoms with Gasteiger partial charge in [0.1, 0.15) is 0 Å². The van der Waals surface area contributed by atoms with Crippen molar-refractivity contribution in [3.8, 4) is 0 Å². The zero-order chi connectivity index (χ0) is 12.0. The summed E-state index contributed by atoms with van der Waals surface area (Å²) in [5.74, 6) is -0.261. The molecule has 4 heteroatoms. The molecule has 0 radical (unpaired) electrons. The molecule has 16 heavy (non-hydrogen) atoms. The molecule has 0 unspecified atom stereocenters. The second-order valence-electron chi connectivity index (χ2n) is 4.37. The van der Waals surface area contributed by atoms with Crippen LogP contribution in [0.4, 0.5) is 0 Å². The van der Waals surface area contributed by atoms with Gasteiger partial charge in [-0.2, -0.15) is 0 Å². The van der Waals surface area contributed by atoms with Crippen LogP contribution in [0.3, 0.4) is 0 Å². The lowest BCUT2D eigenvalue weighted by molar-refractivity contribution is -0.144. The zero-order valence-electron chi connectivity index (χ0n) is 10.2. The second-order valence-corrected chi connectivity index (χ2v) is 4.37. The Bertz CT molecular complexity index is 247. The van der Waals surface area contributed by atoms with Crippen molar-refractivity contribution < 1.29 is 14.3 Å². The molecule has 0 aliphatic heterocycles. The fourth-order valence-electron chi connectivity index (χ4n) is 2.16.